The number of ether oxygens (including phenoxy) is 2. The first-order valence-corrected chi connectivity index (χ1v) is 10.7. The Hall–Kier alpha value is -4.40. The standard InChI is InChI=1S/C25H26N6O3/c1-17-11-19(13-22(12-17)34-3)28-24-23(5-4-10-26-24)25(32)27-14-20-16-31(30-29-20)15-18-6-8-21(33-2)9-7-18/h4-13,16H,14-15H2,1-3H3,(H,26,28)(H,27,32). The van der Waals surface area contributed by atoms with Crippen LogP contribution in [0, 0.1) is 6.92 Å². The van der Waals surface area contributed by atoms with Gasteiger partial charge in [0, 0.05) is 18.0 Å². The fourth-order valence-electron chi connectivity index (χ4n) is 3.44. The van der Waals surface area contributed by atoms with Crippen LogP contribution in [0.4, 0.5) is 11.5 Å². The molecule has 0 unspecified atom stereocenters. The van der Waals surface area contributed by atoms with Gasteiger partial charge in [0.1, 0.15) is 23.0 Å². The maximum atomic E-state index is 12.9. The van der Waals surface area contributed by atoms with Crippen molar-refractivity contribution >= 4 is 17.4 Å². The maximum Gasteiger partial charge on any atom is 0.255 e. The Morgan fingerprint density at radius 2 is 1.82 bits per heavy atom. The molecule has 34 heavy (non-hydrogen) atoms. The normalized spacial score (nSPS) is 10.6. The van der Waals surface area contributed by atoms with Crippen LogP contribution in [0.2, 0.25) is 0 Å². The molecule has 0 aliphatic rings. The number of nitrogens with one attached hydrogen (secondary N) is 2. The second-order valence-corrected chi connectivity index (χ2v) is 7.70. The SMILES string of the molecule is COc1ccc(Cn2cc(CNC(=O)c3cccnc3Nc3cc(C)cc(OC)c3)nn2)cc1. The summed E-state index contributed by atoms with van der Waals surface area (Å²) in [6.45, 7) is 2.79. The third-order valence-electron chi connectivity index (χ3n) is 5.12. The van der Waals surface area contributed by atoms with Gasteiger partial charge in [-0.25, -0.2) is 9.67 Å². The van der Waals surface area contributed by atoms with Crippen molar-refractivity contribution in [2.45, 2.75) is 20.0 Å². The second-order valence-electron chi connectivity index (χ2n) is 7.70. The third kappa shape index (κ3) is 5.69. The third-order valence-corrected chi connectivity index (χ3v) is 5.12. The lowest BCUT2D eigenvalue weighted by molar-refractivity contribution is 0.0951. The van der Waals surface area contributed by atoms with Gasteiger partial charge in [0.05, 0.1) is 39.1 Å². The Labute approximate surface area is 197 Å². The smallest absolute Gasteiger partial charge is 0.255 e. The number of carbonyl (C=O) groups excluding carboxylic acids is 1. The van der Waals surface area contributed by atoms with Crippen LogP contribution < -0.4 is 20.1 Å². The number of aromatic nitrogens is 4. The molecule has 174 valence electrons. The van der Waals surface area contributed by atoms with Gasteiger partial charge >= 0.3 is 0 Å². The summed E-state index contributed by atoms with van der Waals surface area (Å²) in [5.74, 6) is 1.72. The van der Waals surface area contributed by atoms with Crippen molar-refractivity contribution in [1.29, 1.82) is 0 Å². The van der Waals surface area contributed by atoms with E-state index in [1.165, 1.54) is 0 Å². The lowest BCUT2D eigenvalue weighted by Gasteiger charge is -2.12. The van der Waals surface area contributed by atoms with Crippen LogP contribution in [0.5, 0.6) is 11.5 Å². The number of aryl methyl sites for hydroxylation is 1. The van der Waals surface area contributed by atoms with Crippen molar-refractivity contribution in [3.8, 4) is 11.5 Å². The topological polar surface area (TPSA) is 103 Å². The minimum Gasteiger partial charge on any atom is -0.497 e. The number of anilines is 2. The molecule has 0 radical (unpaired) electrons. The number of hydrogen-bond acceptors (Lipinski definition) is 7. The average Bonchev–Trinajstić information content (AvgIpc) is 3.30. The van der Waals surface area contributed by atoms with Crippen LogP contribution in [0.1, 0.15) is 27.2 Å². The molecule has 1 amide bonds. The molecular formula is C25H26N6O3. The molecule has 0 saturated heterocycles. The van der Waals surface area contributed by atoms with Crippen molar-refractivity contribution < 1.29 is 14.3 Å². The summed E-state index contributed by atoms with van der Waals surface area (Å²) in [7, 11) is 3.25. The van der Waals surface area contributed by atoms with Crippen LogP contribution >= 0.6 is 0 Å². The van der Waals surface area contributed by atoms with Gasteiger partial charge in [-0.1, -0.05) is 17.3 Å². The maximum absolute atomic E-state index is 12.9. The van der Waals surface area contributed by atoms with Gasteiger partial charge < -0.3 is 20.1 Å². The molecule has 0 saturated carbocycles. The highest BCUT2D eigenvalue weighted by Crippen LogP contribution is 2.24. The quantitative estimate of drug-likeness (QED) is 0.394. The Bertz CT molecular complexity index is 1270. The summed E-state index contributed by atoms with van der Waals surface area (Å²) >= 11 is 0. The molecule has 2 heterocycles. The molecule has 0 atom stereocenters. The molecule has 2 aromatic heterocycles. The lowest BCUT2D eigenvalue weighted by atomic mass is 10.2. The molecule has 9 nitrogen and oxygen atoms in total. The van der Waals surface area contributed by atoms with E-state index in [2.05, 4.69) is 25.9 Å². The van der Waals surface area contributed by atoms with E-state index in [-0.39, 0.29) is 12.5 Å². The van der Waals surface area contributed by atoms with E-state index in [0.29, 0.717) is 23.6 Å². The predicted molar refractivity (Wildman–Crippen MR) is 129 cm³/mol. The zero-order valence-corrected chi connectivity index (χ0v) is 19.3. The van der Waals surface area contributed by atoms with Crippen LogP contribution in [0.15, 0.2) is 67.0 Å². The minimum absolute atomic E-state index is 0.244. The van der Waals surface area contributed by atoms with E-state index in [9.17, 15) is 4.79 Å². The molecule has 2 N–H and O–H groups in total. The zero-order valence-electron chi connectivity index (χ0n) is 19.3. The van der Waals surface area contributed by atoms with Gasteiger partial charge in [-0.05, 0) is 54.4 Å². The molecule has 0 fully saturated rings. The van der Waals surface area contributed by atoms with Crippen LogP contribution in [-0.4, -0.2) is 40.1 Å². The number of methoxy groups -OCH3 is 2. The Morgan fingerprint density at radius 3 is 2.59 bits per heavy atom. The summed E-state index contributed by atoms with van der Waals surface area (Å²) in [6, 6.07) is 16.9. The van der Waals surface area contributed by atoms with Gasteiger partial charge in [0.2, 0.25) is 0 Å². The summed E-state index contributed by atoms with van der Waals surface area (Å²) in [6.07, 6.45) is 3.45. The van der Waals surface area contributed by atoms with Gasteiger partial charge in [-0.2, -0.15) is 0 Å². The number of nitrogens with zero attached hydrogens (tertiary/aromatic N) is 4. The average molecular weight is 459 g/mol. The number of pyridine rings is 1. The summed E-state index contributed by atoms with van der Waals surface area (Å²) < 4.78 is 12.2. The number of amides is 1. The molecule has 2 aromatic carbocycles. The molecular weight excluding hydrogens is 432 g/mol. The van der Waals surface area contributed by atoms with Crippen molar-refractivity contribution in [2.24, 2.45) is 0 Å². The molecule has 0 aliphatic heterocycles. The van der Waals surface area contributed by atoms with E-state index in [1.54, 1.807) is 37.2 Å². The summed E-state index contributed by atoms with van der Waals surface area (Å²) in [4.78, 5) is 17.2. The van der Waals surface area contributed by atoms with Crippen LogP contribution in [-0.2, 0) is 13.1 Å². The molecule has 0 bridgehead atoms. The van der Waals surface area contributed by atoms with Gasteiger partial charge in [0.15, 0.2) is 0 Å². The Kier molecular flexibility index (Phi) is 7.02. The Morgan fingerprint density at radius 1 is 1.03 bits per heavy atom. The van der Waals surface area contributed by atoms with Crippen molar-refractivity contribution in [3.63, 3.8) is 0 Å². The molecule has 9 heteroatoms. The van der Waals surface area contributed by atoms with E-state index in [0.717, 1.165) is 28.3 Å². The van der Waals surface area contributed by atoms with Gasteiger partial charge in [-0.3, -0.25) is 4.79 Å². The number of benzene rings is 2. The number of carbonyl (C=O) groups is 1. The monoisotopic (exact) mass is 458 g/mol. The van der Waals surface area contributed by atoms with E-state index >= 15 is 0 Å². The number of rotatable bonds is 9. The predicted octanol–water partition coefficient (Wildman–Crippen LogP) is 3.72. The van der Waals surface area contributed by atoms with E-state index in [4.69, 9.17) is 9.47 Å². The largest absolute Gasteiger partial charge is 0.497 e. The Balaban J connectivity index is 1.39. The fraction of sp³-hybridized carbons (Fsp3) is 0.200. The highest BCUT2D eigenvalue weighted by atomic mass is 16.5. The number of hydrogen-bond donors (Lipinski definition) is 2. The highest BCUT2D eigenvalue weighted by Gasteiger charge is 2.14. The van der Waals surface area contributed by atoms with Crippen LogP contribution in [0.25, 0.3) is 0 Å². The van der Waals surface area contributed by atoms with Gasteiger partial charge in [0.25, 0.3) is 5.91 Å². The minimum atomic E-state index is -0.264. The highest BCUT2D eigenvalue weighted by molar-refractivity contribution is 5.99. The fourth-order valence-corrected chi connectivity index (χ4v) is 3.44. The lowest BCUT2D eigenvalue weighted by Crippen LogP contribution is -2.24. The van der Waals surface area contributed by atoms with E-state index < -0.39 is 0 Å². The molecule has 4 rings (SSSR count). The second kappa shape index (κ2) is 10.5. The van der Waals surface area contributed by atoms with Crippen molar-refractivity contribution in [3.05, 3.63) is 89.4 Å². The molecule has 0 spiro atoms. The van der Waals surface area contributed by atoms with Crippen LogP contribution in [0.3, 0.4) is 0 Å². The first-order valence-electron chi connectivity index (χ1n) is 10.7. The zero-order chi connectivity index (χ0) is 23.9. The summed E-state index contributed by atoms with van der Waals surface area (Å²) in [5.41, 5.74) is 3.96. The van der Waals surface area contributed by atoms with Crippen molar-refractivity contribution in [2.75, 3.05) is 19.5 Å². The molecule has 4 aromatic rings. The first kappa shape index (κ1) is 22.8. The van der Waals surface area contributed by atoms with Gasteiger partial charge in [-0.15, -0.1) is 5.10 Å². The molecule has 0 aliphatic carbocycles. The summed E-state index contributed by atoms with van der Waals surface area (Å²) in [5, 5.41) is 14.4. The van der Waals surface area contributed by atoms with E-state index in [1.807, 2.05) is 55.6 Å². The van der Waals surface area contributed by atoms with Crippen molar-refractivity contribution in [1.82, 2.24) is 25.3 Å². The first-order chi connectivity index (χ1) is 16.5.